The van der Waals surface area contributed by atoms with Gasteiger partial charge in [0.2, 0.25) is 0 Å². The summed E-state index contributed by atoms with van der Waals surface area (Å²) in [6.07, 6.45) is -7.48. The molecule has 1 aromatic heterocycles. The number of aromatic nitrogens is 1. The highest BCUT2D eigenvalue weighted by Crippen LogP contribution is 2.38. The van der Waals surface area contributed by atoms with Gasteiger partial charge in [0.25, 0.3) is 6.43 Å². The Morgan fingerprint density at radius 3 is 2.31 bits per heavy atom. The Morgan fingerprint density at radius 1 is 1.38 bits per heavy atom. The lowest BCUT2D eigenvalue weighted by molar-refractivity contribution is -0.137. The first-order valence-electron chi connectivity index (χ1n) is 4.01. The standard InChI is InChI=1S/C8H6ClF5N2/c9-5-3(1-15)6(7(10)11)16-2-4(5)8(12,13)14/h2,7H,1,15H2. The van der Waals surface area contributed by atoms with E-state index >= 15 is 0 Å². The fourth-order valence-electron chi connectivity index (χ4n) is 1.12. The molecule has 0 fully saturated rings. The van der Waals surface area contributed by atoms with Crippen LogP contribution in [-0.2, 0) is 12.7 Å². The van der Waals surface area contributed by atoms with Gasteiger partial charge in [0.1, 0.15) is 5.69 Å². The maximum absolute atomic E-state index is 12.4. The molecule has 0 aromatic carbocycles. The maximum Gasteiger partial charge on any atom is 0.419 e. The molecule has 1 heterocycles. The van der Waals surface area contributed by atoms with Crippen LogP contribution in [0.2, 0.25) is 5.02 Å². The Morgan fingerprint density at radius 2 is 1.94 bits per heavy atom. The van der Waals surface area contributed by atoms with E-state index in [0.717, 1.165) is 0 Å². The molecule has 0 bridgehead atoms. The van der Waals surface area contributed by atoms with Gasteiger partial charge in [-0.15, -0.1) is 0 Å². The summed E-state index contributed by atoms with van der Waals surface area (Å²) in [5, 5.41) is -0.819. The lowest BCUT2D eigenvalue weighted by Crippen LogP contribution is -2.13. The summed E-state index contributed by atoms with van der Waals surface area (Å²) in [4.78, 5) is 3.04. The molecule has 1 rings (SSSR count). The van der Waals surface area contributed by atoms with Gasteiger partial charge in [0, 0.05) is 18.3 Å². The zero-order valence-corrected chi connectivity index (χ0v) is 8.41. The first-order valence-corrected chi connectivity index (χ1v) is 4.39. The van der Waals surface area contributed by atoms with Gasteiger partial charge < -0.3 is 5.73 Å². The highest BCUT2D eigenvalue weighted by Gasteiger charge is 2.35. The van der Waals surface area contributed by atoms with E-state index in [0.29, 0.717) is 0 Å². The molecule has 0 unspecified atom stereocenters. The third kappa shape index (κ3) is 2.41. The molecule has 90 valence electrons. The van der Waals surface area contributed by atoms with Crippen LogP contribution in [-0.4, -0.2) is 4.98 Å². The lowest BCUT2D eigenvalue weighted by atomic mass is 10.1. The van der Waals surface area contributed by atoms with Crippen LogP contribution >= 0.6 is 11.6 Å². The fraction of sp³-hybridized carbons (Fsp3) is 0.375. The number of pyridine rings is 1. The average molecular weight is 261 g/mol. The Balaban J connectivity index is 3.41. The van der Waals surface area contributed by atoms with E-state index in [9.17, 15) is 22.0 Å². The van der Waals surface area contributed by atoms with Crippen molar-refractivity contribution in [2.75, 3.05) is 0 Å². The van der Waals surface area contributed by atoms with Crippen LogP contribution in [0.1, 0.15) is 23.2 Å². The summed E-state index contributed by atoms with van der Waals surface area (Å²) >= 11 is 5.37. The summed E-state index contributed by atoms with van der Waals surface area (Å²) in [5.74, 6) is 0. The van der Waals surface area contributed by atoms with Gasteiger partial charge in [0.15, 0.2) is 0 Å². The SMILES string of the molecule is NCc1c(C(F)F)ncc(C(F)(F)F)c1Cl. The highest BCUT2D eigenvalue weighted by molar-refractivity contribution is 6.32. The minimum Gasteiger partial charge on any atom is -0.326 e. The molecule has 1 aromatic rings. The zero-order chi connectivity index (χ0) is 12.5. The lowest BCUT2D eigenvalue weighted by Gasteiger charge is -2.14. The van der Waals surface area contributed by atoms with Crippen LogP contribution in [0.4, 0.5) is 22.0 Å². The van der Waals surface area contributed by atoms with Crippen molar-refractivity contribution >= 4 is 11.6 Å². The molecule has 0 spiro atoms. The molecule has 0 saturated heterocycles. The number of alkyl halides is 5. The van der Waals surface area contributed by atoms with Crippen molar-refractivity contribution < 1.29 is 22.0 Å². The van der Waals surface area contributed by atoms with Gasteiger partial charge in [-0.05, 0) is 0 Å². The Hall–Kier alpha value is -0.950. The van der Waals surface area contributed by atoms with Crippen molar-refractivity contribution in [2.45, 2.75) is 19.1 Å². The normalized spacial score (nSPS) is 12.2. The molecule has 8 heteroatoms. The van der Waals surface area contributed by atoms with Crippen molar-refractivity contribution in [1.29, 1.82) is 0 Å². The molecule has 0 amide bonds. The number of hydrogen-bond acceptors (Lipinski definition) is 2. The van der Waals surface area contributed by atoms with E-state index in [-0.39, 0.29) is 6.20 Å². The van der Waals surface area contributed by atoms with Crippen molar-refractivity contribution in [3.05, 3.63) is 28.0 Å². The average Bonchev–Trinajstić information content (AvgIpc) is 2.14. The molecule has 0 aliphatic carbocycles. The van der Waals surface area contributed by atoms with E-state index in [1.54, 1.807) is 0 Å². The fourth-order valence-corrected chi connectivity index (χ4v) is 1.45. The maximum atomic E-state index is 12.4. The molecular formula is C8H6ClF5N2. The van der Waals surface area contributed by atoms with Gasteiger partial charge in [0.05, 0.1) is 10.6 Å². The molecule has 2 nitrogen and oxygen atoms in total. The molecule has 0 aliphatic rings. The predicted molar refractivity (Wildman–Crippen MR) is 47.1 cm³/mol. The van der Waals surface area contributed by atoms with Crippen molar-refractivity contribution in [3.8, 4) is 0 Å². The van der Waals surface area contributed by atoms with E-state index in [1.165, 1.54) is 0 Å². The van der Waals surface area contributed by atoms with E-state index in [1.807, 2.05) is 0 Å². The monoisotopic (exact) mass is 260 g/mol. The molecule has 16 heavy (non-hydrogen) atoms. The summed E-state index contributed by atoms with van der Waals surface area (Å²) in [6, 6.07) is 0. The summed E-state index contributed by atoms with van der Waals surface area (Å²) < 4.78 is 61.8. The third-order valence-corrected chi connectivity index (χ3v) is 2.29. The number of nitrogens with two attached hydrogens (primary N) is 1. The number of halogens is 6. The second kappa shape index (κ2) is 4.50. The minimum absolute atomic E-state index is 0.281. The minimum atomic E-state index is -4.74. The topological polar surface area (TPSA) is 38.9 Å². The largest absolute Gasteiger partial charge is 0.419 e. The quantitative estimate of drug-likeness (QED) is 0.830. The highest BCUT2D eigenvalue weighted by atomic mass is 35.5. The van der Waals surface area contributed by atoms with Gasteiger partial charge in [-0.1, -0.05) is 11.6 Å². The Labute approximate surface area is 92.2 Å². The summed E-state index contributed by atoms with van der Waals surface area (Å²) in [6.45, 7) is -0.532. The van der Waals surface area contributed by atoms with Gasteiger partial charge in [-0.25, -0.2) is 8.78 Å². The van der Waals surface area contributed by atoms with E-state index in [4.69, 9.17) is 17.3 Å². The van der Waals surface area contributed by atoms with Crippen LogP contribution in [0.5, 0.6) is 0 Å². The van der Waals surface area contributed by atoms with Crippen LogP contribution in [0.3, 0.4) is 0 Å². The van der Waals surface area contributed by atoms with Crippen LogP contribution < -0.4 is 5.73 Å². The molecule has 0 radical (unpaired) electrons. The van der Waals surface area contributed by atoms with Crippen molar-refractivity contribution in [1.82, 2.24) is 4.98 Å². The molecule has 2 N–H and O–H groups in total. The molecular weight excluding hydrogens is 255 g/mol. The smallest absolute Gasteiger partial charge is 0.326 e. The second-order valence-electron chi connectivity index (χ2n) is 2.85. The van der Waals surface area contributed by atoms with Crippen LogP contribution in [0.15, 0.2) is 6.20 Å². The van der Waals surface area contributed by atoms with Gasteiger partial charge in [-0.2, -0.15) is 13.2 Å². The predicted octanol–water partition coefficient (Wildman–Crippen LogP) is 3.15. The molecule has 0 saturated carbocycles. The van der Waals surface area contributed by atoms with Gasteiger partial charge >= 0.3 is 6.18 Å². The first-order chi connectivity index (χ1) is 7.29. The number of rotatable bonds is 2. The summed E-state index contributed by atoms with van der Waals surface area (Å²) in [5.41, 5.74) is 2.51. The van der Waals surface area contributed by atoms with E-state index in [2.05, 4.69) is 4.98 Å². The summed E-state index contributed by atoms with van der Waals surface area (Å²) in [7, 11) is 0. The Bertz CT molecular complexity index is 391. The Kier molecular flexibility index (Phi) is 3.69. The van der Waals surface area contributed by atoms with Crippen LogP contribution in [0.25, 0.3) is 0 Å². The zero-order valence-electron chi connectivity index (χ0n) is 7.65. The van der Waals surface area contributed by atoms with Crippen molar-refractivity contribution in [3.63, 3.8) is 0 Å². The first kappa shape index (κ1) is 13.1. The number of hydrogen-bond donors (Lipinski definition) is 1. The molecule has 0 aliphatic heterocycles. The van der Waals surface area contributed by atoms with E-state index < -0.39 is 41.0 Å². The van der Waals surface area contributed by atoms with Crippen molar-refractivity contribution in [2.24, 2.45) is 5.73 Å². The number of nitrogens with zero attached hydrogens (tertiary/aromatic N) is 1. The molecule has 0 atom stereocenters. The van der Waals surface area contributed by atoms with Gasteiger partial charge in [-0.3, -0.25) is 4.98 Å². The third-order valence-electron chi connectivity index (χ3n) is 1.86. The van der Waals surface area contributed by atoms with Crippen LogP contribution in [0, 0.1) is 0 Å². The second-order valence-corrected chi connectivity index (χ2v) is 3.23.